The summed E-state index contributed by atoms with van der Waals surface area (Å²) in [5.41, 5.74) is 7.19. The number of hydrogen-bond donors (Lipinski definition) is 2. The molecule has 0 bridgehead atoms. The van der Waals surface area contributed by atoms with Gasteiger partial charge in [-0.25, -0.2) is 0 Å². The lowest BCUT2D eigenvalue weighted by Gasteiger charge is -2.20. The Balaban J connectivity index is 1.76. The summed E-state index contributed by atoms with van der Waals surface area (Å²) in [6.45, 7) is 2.69. The molecule has 1 aromatic rings. The molecule has 2 atom stereocenters. The molecule has 2 unspecified atom stereocenters. The van der Waals surface area contributed by atoms with Crippen LogP contribution < -0.4 is 11.1 Å². The highest BCUT2D eigenvalue weighted by molar-refractivity contribution is 5.79. The van der Waals surface area contributed by atoms with Crippen molar-refractivity contribution in [1.29, 1.82) is 0 Å². The van der Waals surface area contributed by atoms with E-state index in [9.17, 15) is 4.79 Å². The maximum absolute atomic E-state index is 12.1. The van der Waals surface area contributed by atoms with Crippen molar-refractivity contribution in [3.8, 4) is 0 Å². The molecule has 1 aliphatic carbocycles. The maximum Gasteiger partial charge on any atom is 0.224 e. The van der Waals surface area contributed by atoms with Crippen LogP contribution in [0.1, 0.15) is 50.6 Å². The summed E-state index contributed by atoms with van der Waals surface area (Å²) in [4.78, 5) is 12.1. The minimum Gasteiger partial charge on any atom is -0.356 e. The van der Waals surface area contributed by atoms with Crippen LogP contribution in [0.2, 0.25) is 0 Å². The van der Waals surface area contributed by atoms with E-state index in [-0.39, 0.29) is 17.9 Å². The molecule has 20 heavy (non-hydrogen) atoms. The Labute approximate surface area is 121 Å². The normalized spacial score (nSPS) is 18.7. The fraction of sp³-hybridized carbons (Fsp3) is 0.588. The van der Waals surface area contributed by atoms with Crippen molar-refractivity contribution in [1.82, 2.24) is 5.32 Å². The molecule has 3 nitrogen and oxygen atoms in total. The first-order valence-electron chi connectivity index (χ1n) is 7.76. The molecule has 3 N–H and O–H groups in total. The summed E-state index contributed by atoms with van der Waals surface area (Å²) in [6.07, 6.45) is 6.48. The van der Waals surface area contributed by atoms with Gasteiger partial charge in [-0.05, 0) is 17.9 Å². The van der Waals surface area contributed by atoms with Gasteiger partial charge >= 0.3 is 0 Å². The average Bonchev–Trinajstić information content (AvgIpc) is 2.99. The van der Waals surface area contributed by atoms with Gasteiger partial charge in [-0.15, -0.1) is 0 Å². The number of nitrogens with two attached hydrogens (primary N) is 1. The molecule has 1 aliphatic rings. The van der Waals surface area contributed by atoms with Crippen molar-refractivity contribution < 1.29 is 4.79 Å². The number of hydrogen-bond acceptors (Lipinski definition) is 2. The number of benzene rings is 1. The monoisotopic (exact) mass is 274 g/mol. The van der Waals surface area contributed by atoms with Gasteiger partial charge in [-0.2, -0.15) is 0 Å². The molecule has 1 aromatic carbocycles. The highest BCUT2D eigenvalue weighted by Gasteiger charge is 2.22. The smallest absolute Gasteiger partial charge is 0.224 e. The van der Waals surface area contributed by atoms with Crippen molar-refractivity contribution in [2.24, 2.45) is 17.6 Å². The van der Waals surface area contributed by atoms with Crippen molar-refractivity contribution in [3.63, 3.8) is 0 Å². The fourth-order valence-corrected chi connectivity index (χ4v) is 2.99. The van der Waals surface area contributed by atoms with Crippen LogP contribution in [0.5, 0.6) is 0 Å². The maximum atomic E-state index is 12.1. The van der Waals surface area contributed by atoms with Gasteiger partial charge in [0.15, 0.2) is 0 Å². The lowest BCUT2D eigenvalue weighted by atomic mass is 9.94. The third kappa shape index (κ3) is 4.07. The zero-order valence-corrected chi connectivity index (χ0v) is 12.3. The molecule has 1 amide bonds. The largest absolute Gasteiger partial charge is 0.356 e. The topological polar surface area (TPSA) is 55.1 Å². The first-order valence-corrected chi connectivity index (χ1v) is 7.76. The highest BCUT2D eigenvalue weighted by atomic mass is 16.1. The van der Waals surface area contributed by atoms with Crippen LogP contribution in [0.15, 0.2) is 30.3 Å². The van der Waals surface area contributed by atoms with Gasteiger partial charge in [-0.1, -0.05) is 62.9 Å². The van der Waals surface area contributed by atoms with Crippen molar-refractivity contribution in [2.75, 3.05) is 6.54 Å². The number of amides is 1. The Morgan fingerprint density at radius 1 is 1.30 bits per heavy atom. The second-order valence-corrected chi connectivity index (χ2v) is 5.96. The van der Waals surface area contributed by atoms with Crippen LogP contribution in [-0.4, -0.2) is 12.5 Å². The van der Waals surface area contributed by atoms with Gasteiger partial charge in [-0.3, -0.25) is 4.79 Å². The number of carbonyl (C=O) groups is 1. The zero-order valence-electron chi connectivity index (χ0n) is 12.3. The van der Waals surface area contributed by atoms with E-state index in [1.165, 1.54) is 25.7 Å². The molecular weight excluding hydrogens is 248 g/mol. The highest BCUT2D eigenvalue weighted by Crippen LogP contribution is 2.27. The van der Waals surface area contributed by atoms with Crippen molar-refractivity contribution in [3.05, 3.63) is 35.9 Å². The lowest BCUT2D eigenvalue weighted by molar-refractivity contribution is -0.125. The lowest BCUT2D eigenvalue weighted by Crippen LogP contribution is -2.36. The van der Waals surface area contributed by atoms with E-state index in [0.29, 0.717) is 0 Å². The van der Waals surface area contributed by atoms with Gasteiger partial charge in [0.25, 0.3) is 0 Å². The van der Waals surface area contributed by atoms with Crippen LogP contribution in [-0.2, 0) is 4.79 Å². The molecule has 1 fully saturated rings. The molecule has 0 heterocycles. The Bertz CT molecular complexity index is 412. The molecule has 0 radical (unpaired) electrons. The summed E-state index contributed by atoms with van der Waals surface area (Å²) < 4.78 is 0. The minimum absolute atomic E-state index is 0.0688. The summed E-state index contributed by atoms with van der Waals surface area (Å²) in [6, 6.07) is 9.60. The van der Waals surface area contributed by atoms with E-state index in [0.717, 1.165) is 24.4 Å². The standard InChI is InChI=1S/C17H26N2O/c1-13(16(18)15-9-3-2-4-10-15)17(20)19-12-11-14-7-5-6-8-14/h2-4,9-10,13-14,16H,5-8,11-12,18H2,1H3,(H,19,20). The van der Waals surface area contributed by atoms with Crippen LogP contribution in [0.3, 0.4) is 0 Å². The molecule has 0 saturated heterocycles. The SMILES string of the molecule is CC(C(=O)NCCC1CCCC1)C(N)c1ccccc1. The Hall–Kier alpha value is -1.35. The third-order valence-corrected chi connectivity index (χ3v) is 4.46. The Morgan fingerprint density at radius 2 is 1.95 bits per heavy atom. The Kier molecular flexibility index (Phi) is 5.60. The molecule has 0 spiro atoms. The second kappa shape index (κ2) is 7.44. The zero-order chi connectivity index (χ0) is 14.4. The fourth-order valence-electron chi connectivity index (χ4n) is 2.99. The van der Waals surface area contributed by atoms with E-state index < -0.39 is 0 Å². The van der Waals surface area contributed by atoms with E-state index in [1.54, 1.807) is 0 Å². The van der Waals surface area contributed by atoms with Crippen LogP contribution >= 0.6 is 0 Å². The predicted octanol–water partition coefficient (Wildman–Crippen LogP) is 3.02. The molecule has 0 aromatic heterocycles. The molecule has 1 saturated carbocycles. The van der Waals surface area contributed by atoms with Crippen molar-refractivity contribution in [2.45, 2.75) is 45.1 Å². The number of nitrogens with one attached hydrogen (secondary N) is 1. The van der Waals surface area contributed by atoms with Gasteiger partial charge in [0.2, 0.25) is 5.91 Å². The molecular formula is C17H26N2O. The van der Waals surface area contributed by atoms with Gasteiger partial charge < -0.3 is 11.1 Å². The van der Waals surface area contributed by atoms with Crippen molar-refractivity contribution >= 4 is 5.91 Å². The van der Waals surface area contributed by atoms with E-state index in [1.807, 2.05) is 37.3 Å². The minimum atomic E-state index is -0.234. The molecule has 110 valence electrons. The van der Waals surface area contributed by atoms with Crippen LogP contribution in [0, 0.1) is 11.8 Å². The number of rotatable bonds is 6. The summed E-state index contributed by atoms with van der Waals surface area (Å²) >= 11 is 0. The van der Waals surface area contributed by atoms with E-state index in [2.05, 4.69) is 5.32 Å². The van der Waals surface area contributed by atoms with Crippen LogP contribution in [0.25, 0.3) is 0 Å². The van der Waals surface area contributed by atoms with E-state index in [4.69, 9.17) is 5.73 Å². The van der Waals surface area contributed by atoms with Gasteiger partial charge in [0, 0.05) is 12.6 Å². The van der Waals surface area contributed by atoms with Crippen LogP contribution in [0.4, 0.5) is 0 Å². The quantitative estimate of drug-likeness (QED) is 0.837. The molecule has 3 heteroatoms. The summed E-state index contributed by atoms with van der Waals surface area (Å²) in [5, 5.41) is 3.04. The third-order valence-electron chi connectivity index (χ3n) is 4.46. The first kappa shape index (κ1) is 15.0. The van der Waals surface area contributed by atoms with Gasteiger partial charge in [0.1, 0.15) is 0 Å². The molecule has 2 rings (SSSR count). The average molecular weight is 274 g/mol. The van der Waals surface area contributed by atoms with E-state index >= 15 is 0 Å². The number of carbonyl (C=O) groups excluding carboxylic acids is 1. The summed E-state index contributed by atoms with van der Waals surface area (Å²) in [5.74, 6) is 0.689. The summed E-state index contributed by atoms with van der Waals surface area (Å²) in [7, 11) is 0. The Morgan fingerprint density at radius 3 is 2.60 bits per heavy atom. The predicted molar refractivity (Wildman–Crippen MR) is 82.1 cm³/mol. The molecule has 0 aliphatic heterocycles. The second-order valence-electron chi connectivity index (χ2n) is 5.96. The first-order chi connectivity index (χ1) is 9.68. The van der Waals surface area contributed by atoms with Gasteiger partial charge in [0.05, 0.1) is 5.92 Å².